The summed E-state index contributed by atoms with van der Waals surface area (Å²) in [5.74, 6) is 1.14. The van der Waals surface area contributed by atoms with E-state index < -0.39 is 0 Å². The van der Waals surface area contributed by atoms with E-state index in [1.54, 1.807) is 0 Å². The summed E-state index contributed by atoms with van der Waals surface area (Å²) in [5.41, 5.74) is 2.52. The van der Waals surface area contributed by atoms with Crippen LogP contribution in [0.1, 0.15) is 37.3 Å². The highest BCUT2D eigenvalue weighted by atomic mass is 35.5. The van der Waals surface area contributed by atoms with E-state index in [1.165, 1.54) is 11.1 Å². The lowest BCUT2D eigenvalue weighted by Gasteiger charge is -2.21. The molecule has 0 N–H and O–H groups in total. The molecule has 14 heavy (non-hydrogen) atoms. The minimum Gasteiger partial charge on any atom is -0.118 e. The van der Waals surface area contributed by atoms with Crippen molar-refractivity contribution in [1.82, 2.24) is 0 Å². The number of alkyl halides is 1. The van der Waals surface area contributed by atoms with Crippen molar-refractivity contribution >= 4 is 11.6 Å². The van der Waals surface area contributed by atoms with Crippen LogP contribution in [0.15, 0.2) is 24.3 Å². The molecule has 0 amide bonds. The minimum absolute atomic E-state index is 0.135. The molecule has 0 aliphatic heterocycles. The van der Waals surface area contributed by atoms with E-state index in [0.29, 0.717) is 11.8 Å². The Morgan fingerprint density at radius 3 is 1.93 bits per heavy atom. The van der Waals surface area contributed by atoms with Crippen molar-refractivity contribution in [2.75, 3.05) is 0 Å². The second-order valence-corrected chi connectivity index (χ2v) is 4.89. The quantitative estimate of drug-likeness (QED) is 0.642. The molecule has 1 heteroatoms. The molecule has 1 rings (SSSR count). The van der Waals surface area contributed by atoms with Crippen LogP contribution in [-0.4, -0.2) is 0 Å². The molecule has 0 nitrogen and oxygen atoms in total. The van der Waals surface area contributed by atoms with Crippen LogP contribution in [0, 0.1) is 18.8 Å². The molecule has 1 aromatic carbocycles. The second kappa shape index (κ2) is 4.84. The van der Waals surface area contributed by atoms with Crippen LogP contribution in [0.3, 0.4) is 0 Å². The number of aryl methyl sites for hydroxylation is 1. The SMILES string of the molecule is Cc1ccc(C(Cl)C(C)C(C)C)cc1. The van der Waals surface area contributed by atoms with Crippen molar-refractivity contribution in [2.45, 2.75) is 33.1 Å². The lowest BCUT2D eigenvalue weighted by Crippen LogP contribution is -2.10. The molecule has 0 saturated heterocycles. The summed E-state index contributed by atoms with van der Waals surface area (Å²) in [6.45, 7) is 8.74. The first-order valence-electron chi connectivity index (χ1n) is 5.23. The lowest BCUT2D eigenvalue weighted by atomic mass is 9.90. The Labute approximate surface area is 92.3 Å². The summed E-state index contributed by atoms with van der Waals surface area (Å²) in [6, 6.07) is 8.51. The smallest absolute Gasteiger partial charge is 0.0613 e. The Morgan fingerprint density at radius 2 is 1.50 bits per heavy atom. The van der Waals surface area contributed by atoms with Crippen LogP contribution >= 0.6 is 11.6 Å². The van der Waals surface area contributed by atoms with Gasteiger partial charge in [-0.25, -0.2) is 0 Å². The van der Waals surface area contributed by atoms with Crippen LogP contribution in [0.5, 0.6) is 0 Å². The van der Waals surface area contributed by atoms with Crippen molar-refractivity contribution in [3.63, 3.8) is 0 Å². The number of rotatable bonds is 3. The largest absolute Gasteiger partial charge is 0.118 e. The van der Waals surface area contributed by atoms with Crippen LogP contribution in [-0.2, 0) is 0 Å². The molecule has 0 aliphatic rings. The number of halogens is 1. The van der Waals surface area contributed by atoms with Crippen LogP contribution in [0.2, 0.25) is 0 Å². The van der Waals surface area contributed by atoms with Gasteiger partial charge in [-0.3, -0.25) is 0 Å². The van der Waals surface area contributed by atoms with Crippen molar-refractivity contribution in [1.29, 1.82) is 0 Å². The maximum absolute atomic E-state index is 6.40. The van der Waals surface area contributed by atoms with Crippen LogP contribution in [0.4, 0.5) is 0 Å². The Bertz CT molecular complexity index is 274. The van der Waals surface area contributed by atoms with Gasteiger partial charge in [0.25, 0.3) is 0 Å². The summed E-state index contributed by atoms with van der Waals surface area (Å²) in [6.07, 6.45) is 0. The molecule has 2 atom stereocenters. The lowest BCUT2D eigenvalue weighted by molar-refractivity contribution is 0.406. The molecule has 0 spiro atoms. The van der Waals surface area contributed by atoms with Crippen molar-refractivity contribution in [3.8, 4) is 0 Å². The normalized spacial score (nSPS) is 15.6. The summed E-state index contributed by atoms with van der Waals surface area (Å²) in [7, 11) is 0. The summed E-state index contributed by atoms with van der Waals surface area (Å²) < 4.78 is 0. The molecular weight excluding hydrogens is 192 g/mol. The highest BCUT2D eigenvalue weighted by Crippen LogP contribution is 2.33. The average molecular weight is 211 g/mol. The van der Waals surface area contributed by atoms with E-state index in [-0.39, 0.29) is 5.38 Å². The molecular formula is C13H19Cl. The predicted molar refractivity (Wildman–Crippen MR) is 63.8 cm³/mol. The molecule has 78 valence electrons. The Hall–Kier alpha value is -0.490. The van der Waals surface area contributed by atoms with E-state index in [4.69, 9.17) is 11.6 Å². The fourth-order valence-corrected chi connectivity index (χ4v) is 1.83. The van der Waals surface area contributed by atoms with Gasteiger partial charge in [0, 0.05) is 0 Å². The topological polar surface area (TPSA) is 0 Å². The molecule has 0 aromatic heterocycles. The first-order valence-corrected chi connectivity index (χ1v) is 5.66. The van der Waals surface area contributed by atoms with Gasteiger partial charge < -0.3 is 0 Å². The highest BCUT2D eigenvalue weighted by molar-refractivity contribution is 6.21. The Kier molecular flexibility index (Phi) is 4.00. The van der Waals surface area contributed by atoms with Gasteiger partial charge >= 0.3 is 0 Å². The number of hydrogen-bond donors (Lipinski definition) is 0. The van der Waals surface area contributed by atoms with Crippen molar-refractivity contribution < 1.29 is 0 Å². The first kappa shape index (κ1) is 11.6. The number of benzene rings is 1. The molecule has 0 saturated carbocycles. The molecule has 0 bridgehead atoms. The molecule has 1 aromatic rings. The zero-order valence-corrected chi connectivity index (χ0v) is 10.2. The monoisotopic (exact) mass is 210 g/mol. The third-order valence-corrected chi connectivity index (χ3v) is 3.56. The fourth-order valence-electron chi connectivity index (χ4n) is 1.39. The number of hydrogen-bond acceptors (Lipinski definition) is 0. The molecule has 0 aliphatic carbocycles. The maximum atomic E-state index is 6.40. The van der Waals surface area contributed by atoms with E-state index in [1.807, 2.05) is 0 Å². The summed E-state index contributed by atoms with van der Waals surface area (Å²) in [4.78, 5) is 0. The summed E-state index contributed by atoms with van der Waals surface area (Å²) in [5, 5.41) is 0.135. The van der Waals surface area contributed by atoms with Gasteiger partial charge in [-0.15, -0.1) is 11.6 Å². The zero-order valence-electron chi connectivity index (χ0n) is 9.42. The van der Waals surface area contributed by atoms with Crippen LogP contribution < -0.4 is 0 Å². The Balaban J connectivity index is 2.78. The van der Waals surface area contributed by atoms with Gasteiger partial charge in [-0.2, -0.15) is 0 Å². The van der Waals surface area contributed by atoms with E-state index in [0.717, 1.165) is 0 Å². The summed E-state index contributed by atoms with van der Waals surface area (Å²) >= 11 is 6.40. The van der Waals surface area contributed by atoms with Crippen LogP contribution in [0.25, 0.3) is 0 Å². The van der Waals surface area contributed by atoms with Gasteiger partial charge in [0.15, 0.2) is 0 Å². The van der Waals surface area contributed by atoms with Crippen molar-refractivity contribution in [2.24, 2.45) is 11.8 Å². The van der Waals surface area contributed by atoms with E-state index in [9.17, 15) is 0 Å². The van der Waals surface area contributed by atoms with E-state index >= 15 is 0 Å². The molecule has 0 radical (unpaired) electrons. The third kappa shape index (κ3) is 2.75. The van der Waals surface area contributed by atoms with Gasteiger partial charge in [0.05, 0.1) is 5.38 Å². The zero-order chi connectivity index (χ0) is 10.7. The molecule has 2 unspecified atom stereocenters. The minimum atomic E-state index is 0.135. The maximum Gasteiger partial charge on any atom is 0.0613 e. The van der Waals surface area contributed by atoms with Gasteiger partial charge in [0.1, 0.15) is 0 Å². The van der Waals surface area contributed by atoms with E-state index in [2.05, 4.69) is 52.0 Å². The van der Waals surface area contributed by atoms with Gasteiger partial charge in [0.2, 0.25) is 0 Å². The first-order chi connectivity index (χ1) is 6.52. The Morgan fingerprint density at radius 1 is 1.00 bits per heavy atom. The van der Waals surface area contributed by atoms with Crippen molar-refractivity contribution in [3.05, 3.63) is 35.4 Å². The van der Waals surface area contributed by atoms with Gasteiger partial charge in [-0.05, 0) is 24.3 Å². The molecule has 0 heterocycles. The standard InChI is InChI=1S/C13H19Cl/c1-9(2)11(4)13(14)12-7-5-10(3)6-8-12/h5-9,11,13H,1-4H3. The van der Waals surface area contributed by atoms with Gasteiger partial charge in [-0.1, -0.05) is 50.6 Å². The molecule has 0 fully saturated rings. The fraction of sp³-hybridized carbons (Fsp3) is 0.538. The average Bonchev–Trinajstić information content (AvgIpc) is 2.16. The predicted octanol–water partition coefficient (Wildman–Crippen LogP) is 4.57. The highest BCUT2D eigenvalue weighted by Gasteiger charge is 2.19. The second-order valence-electron chi connectivity index (χ2n) is 4.42. The third-order valence-electron chi connectivity index (χ3n) is 2.91.